The molecule has 2 aromatic carbocycles. The Balaban J connectivity index is 0.00000180. The molecule has 0 aromatic heterocycles. The van der Waals surface area contributed by atoms with Crippen LogP contribution in [0.15, 0.2) is 48.5 Å². The summed E-state index contributed by atoms with van der Waals surface area (Å²) in [6.07, 6.45) is 0. The van der Waals surface area contributed by atoms with Crippen molar-refractivity contribution in [2.45, 2.75) is 0 Å². The van der Waals surface area contributed by atoms with Crippen molar-refractivity contribution in [3.8, 4) is 0 Å². The predicted molar refractivity (Wildman–Crippen MR) is 61.4 cm³/mol. The molecule has 2 aromatic rings. The zero-order chi connectivity index (χ0) is 12.8. The summed E-state index contributed by atoms with van der Waals surface area (Å²) in [6, 6.07) is 18.0. The Labute approximate surface area is 120 Å². The Morgan fingerprint density at radius 2 is 1.63 bits per heavy atom. The van der Waals surface area contributed by atoms with Gasteiger partial charge in [-0.3, -0.25) is 17.0 Å². The second-order valence-corrected chi connectivity index (χ2v) is 3.31. The molecule has 0 saturated carbocycles. The van der Waals surface area contributed by atoms with E-state index in [1.807, 2.05) is 0 Å². The van der Waals surface area contributed by atoms with Gasteiger partial charge in [0.25, 0.3) is 0 Å². The summed E-state index contributed by atoms with van der Waals surface area (Å²) in [5.74, 6) is -1.51. The third kappa shape index (κ3) is 4.25. The molecule has 0 atom stereocenters. The Morgan fingerprint density at radius 1 is 0.947 bits per heavy atom. The van der Waals surface area contributed by atoms with Crippen LogP contribution in [-0.2, 0) is 26.8 Å². The van der Waals surface area contributed by atoms with Crippen molar-refractivity contribution in [2.24, 2.45) is 0 Å². The topological polar surface area (TPSA) is 52.6 Å². The van der Waals surface area contributed by atoms with Crippen molar-refractivity contribution >= 4 is 11.9 Å². The molecule has 0 heterocycles. The number of hydrogen-bond donors (Lipinski definition) is 0. The largest absolute Gasteiger partial charge is 2.00 e. The molecule has 0 N–H and O–H groups in total. The Hall–Kier alpha value is -2.10. The van der Waals surface area contributed by atoms with Crippen LogP contribution in [0, 0.1) is 12.1 Å². The second kappa shape index (κ2) is 7.36. The van der Waals surface area contributed by atoms with E-state index in [2.05, 4.69) is 21.9 Å². The molecule has 96 valence electrons. The average Bonchev–Trinajstić information content (AvgIpc) is 2.46. The van der Waals surface area contributed by atoms with E-state index in [9.17, 15) is 9.59 Å². The van der Waals surface area contributed by atoms with Crippen LogP contribution in [0.2, 0.25) is 0 Å². The summed E-state index contributed by atoms with van der Waals surface area (Å²) < 4.78 is 0. The molecule has 0 fully saturated rings. The van der Waals surface area contributed by atoms with Gasteiger partial charge < -0.3 is 9.68 Å². The molecule has 0 unspecified atom stereocenters. The fraction of sp³-hybridized carbons (Fsp3) is 0. The van der Waals surface area contributed by atoms with E-state index < -0.39 is 11.9 Å². The maximum Gasteiger partial charge on any atom is 2.00 e. The molecule has 4 nitrogen and oxygen atoms in total. The third-order valence-corrected chi connectivity index (χ3v) is 2.08. The molecule has 5 heteroatoms. The van der Waals surface area contributed by atoms with Gasteiger partial charge in [0.2, 0.25) is 5.97 Å². The van der Waals surface area contributed by atoms with Crippen LogP contribution in [0.1, 0.15) is 20.7 Å². The van der Waals surface area contributed by atoms with E-state index in [0.717, 1.165) is 0 Å². The first-order chi connectivity index (χ1) is 8.77. The first-order valence-electron chi connectivity index (χ1n) is 5.13. The van der Waals surface area contributed by atoms with Crippen LogP contribution in [0.4, 0.5) is 0 Å². The summed E-state index contributed by atoms with van der Waals surface area (Å²) in [5.41, 5.74) is 0.463. The fourth-order valence-corrected chi connectivity index (χ4v) is 1.22. The van der Waals surface area contributed by atoms with E-state index in [1.54, 1.807) is 30.3 Å². The predicted octanol–water partition coefficient (Wildman–Crippen LogP) is 2.21. The minimum Gasteiger partial charge on any atom is -0.358 e. The van der Waals surface area contributed by atoms with Crippen LogP contribution < -0.4 is 0 Å². The maximum atomic E-state index is 11.5. The maximum absolute atomic E-state index is 11.5. The monoisotopic (exact) mass is 296 g/mol. The molecule has 0 saturated heterocycles. The zero-order valence-electron chi connectivity index (χ0n) is 9.61. The van der Waals surface area contributed by atoms with Gasteiger partial charge in [0.1, 0.15) is 0 Å². The van der Waals surface area contributed by atoms with Crippen LogP contribution in [0.3, 0.4) is 0 Å². The first-order valence-corrected chi connectivity index (χ1v) is 5.13. The summed E-state index contributed by atoms with van der Waals surface area (Å²) in [5, 5.41) is 0. The Bertz CT molecular complexity index is 488. The SMILES string of the molecule is O=C(OOC(=O)c1ccccc1)c1[c-]c[c-]cc1.[Fe+2]. The minimum absolute atomic E-state index is 0. The van der Waals surface area contributed by atoms with Crippen LogP contribution in [0.25, 0.3) is 0 Å². The van der Waals surface area contributed by atoms with Crippen LogP contribution >= 0.6 is 0 Å². The molecule has 0 bridgehead atoms. The number of rotatable bonds is 2. The summed E-state index contributed by atoms with van der Waals surface area (Å²) in [4.78, 5) is 31.7. The van der Waals surface area contributed by atoms with Gasteiger partial charge in [-0.2, -0.15) is 5.56 Å². The summed E-state index contributed by atoms with van der Waals surface area (Å²) in [6.45, 7) is 0. The molecule has 0 aliphatic carbocycles. The Morgan fingerprint density at radius 3 is 2.26 bits per heavy atom. The molecule has 0 amide bonds. The van der Waals surface area contributed by atoms with Gasteiger partial charge in [-0.05, 0) is 12.1 Å². The van der Waals surface area contributed by atoms with Crippen LogP contribution in [0.5, 0.6) is 0 Å². The minimum atomic E-state index is -0.784. The number of hydrogen-bond acceptors (Lipinski definition) is 4. The van der Waals surface area contributed by atoms with Crippen LogP contribution in [-0.4, -0.2) is 11.9 Å². The van der Waals surface area contributed by atoms with Crippen molar-refractivity contribution in [2.75, 3.05) is 0 Å². The normalized spacial score (nSPS) is 9.05. The molecule has 0 spiro atoms. The molecule has 0 aliphatic rings. The Kier molecular flexibility index (Phi) is 5.79. The number of carbonyl (C=O) groups excluding carboxylic acids is 2. The average molecular weight is 296 g/mol. The smallest absolute Gasteiger partial charge is 0.358 e. The van der Waals surface area contributed by atoms with E-state index in [4.69, 9.17) is 0 Å². The van der Waals surface area contributed by atoms with E-state index >= 15 is 0 Å². The fourth-order valence-electron chi connectivity index (χ4n) is 1.22. The van der Waals surface area contributed by atoms with E-state index in [-0.39, 0.29) is 22.6 Å². The van der Waals surface area contributed by atoms with Gasteiger partial charge in [-0.25, -0.2) is 23.0 Å². The molecular weight excluding hydrogens is 288 g/mol. The van der Waals surface area contributed by atoms with Gasteiger partial charge in [0, 0.05) is 0 Å². The molecule has 0 aliphatic heterocycles. The third-order valence-electron chi connectivity index (χ3n) is 2.08. The van der Waals surface area contributed by atoms with Gasteiger partial charge >= 0.3 is 23.0 Å². The van der Waals surface area contributed by atoms with Gasteiger partial charge in [0.15, 0.2) is 0 Å². The van der Waals surface area contributed by atoms with Crippen molar-refractivity contribution in [3.63, 3.8) is 0 Å². The van der Waals surface area contributed by atoms with Gasteiger partial charge in [-0.15, -0.1) is 0 Å². The summed E-state index contributed by atoms with van der Waals surface area (Å²) >= 11 is 0. The second-order valence-electron chi connectivity index (χ2n) is 3.31. The summed E-state index contributed by atoms with van der Waals surface area (Å²) in [7, 11) is 0. The number of carbonyl (C=O) groups is 2. The van der Waals surface area contributed by atoms with Gasteiger partial charge in [-0.1, -0.05) is 18.2 Å². The van der Waals surface area contributed by atoms with E-state index in [0.29, 0.717) is 5.56 Å². The molecule has 2 rings (SSSR count). The quantitative estimate of drug-likeness (QED) is 0.369. The molecule has 0 radical (unpaired) electrons. The zero-order valence-corrected chi connectivity index (χ0v) is 10.7. The van der Waals surface area contributed by atoms with Crippen molar-refractivity contribution in [1.82, 2.24) is 0 Å². The molecular formula is C14H8FeO4. The van der Waals surface area contributed by atoms with Crippen molar-refractivity contribution < 1.29 is 36.4 Å². The van der Waals surface area contributed by atoms with Crippen molar-refractivity contribution in [3.05, 3.63) is 71.8 Å². The van der Waals surface area contributed by atoms with E-state index in [1.165, 1.54) is 18.2 Å². The number of benzene rings is 2. The van der Waals surface area contributed by atoms with Gasteiger partial charge in [0.05, 0.1) is 5.56 Å². The standard InChI is InChI=1S/C14H8O4.Fe/c15-13(11-7-3-1-4-8-11)17-18-14(16)12-9-5-2-6-10-12;/h1,3-9H;/q-2;+2. The van der Waals surface area contributed by atoms with Crippen molar-refractivity contribution in [1.29, 1.82) is 0 Å². The molecule has 19 heavy (non-hydrogen) atoms. The first kappa shape index (κ1) is 15.0.